The van der Waals surface area contributed by atoms with Crippen molar-refractivity contribution in [3.8, 4) is 0 Å². The Hall–Kier alpha value is -2.36. The van der Waals surface area contributed by atoms with Crippen LogP contribution in [0.3, 0.4) is 0 Å². The van der Waals surface area contributed by atoms with Gasteiger partial charge >= 0.3 is 0 Å². The summed E-state index contributed by atoms with van der Waals surface area (Å²) < 4.78 is 32.4. The second-order valence-corrected chi connectivity index (χ2v) is 7.61. The number of rotatable bonds is 8. The molecule has 0 bridgehead atoms. The van der Waals surface area contributed by atoms with Gasteiger partial charge in [-0.25, -0.2) is 8.42 Å². The van der Waals surface area contributed by atoms with E-state index in [-0.39, 0.29) is 33.0 Å². The molecule has 2 aromatic carbocycles. The van der Waals surface area contributed by atoms with Crippen molar-refractivity contribution >= 4 is 38.7 Å². The van der Waals surface area contributed by atoms with Crippen molar-refractivity contribution in [2.75, 3.05) is 23.8 Å². The third-order valence-electron chi connectivity index (χ3n) is 3.41. The average molecular weight is 400 g/mol. The summed E-state index contributed by atoms with van der Waals surface area (Å²) in [5.74, 6) is 0. The van der Waals surface area contributed by atoms with Crippen LogP contribution in [0.15, 0.2) is 47.4 Å². The lowest BCUT2D eigenvalue weighted by Gasteiger charge is -2.15. The fourth-order valence-corrected chi connectivity index (χ4v) is 3.59. The first-order chi connectivity index (χ1) is 12.2. The first-order valence-corrected chi connectivity index (χ1v) is 9.42. The van der Waals surface area contributed by atoms with Gasteiger partial charge in [0.25, 0.3) is 15.7 Å². The molecule has 0 aromatic heterocycles. The number of nitro benzene ring substituents is 1. The summed E-state index contributed by atoms with van der Waals surface area (Å²) in [6, 6.07) is 9.76. The maximum atomic E-state index is 12.5. The molecule has 0 fully saturated rings. The van der Waals surface area contributed by atoms with E-state index in [0.29, 0.717) is 6.61 Å². The van der Waals surface area contributed by atoms with E-state index >= 15 is 0 Å². The van der Waals surface area contributed by atoms with Crippen LogP contribution in [0.2, 0.25) is 5.02 Å². The minimum Gasteiger partial charge on any atom is -0.383 e. The predicted octanol–water partition coefficient (Wildman–Crippen LogP) is 3.50. The summed E-state index contributed by atoms with van der Waals surface area (Å²) in [6.07, 6.45) is 0. The van der Waals surface area contributed by atoms with E-state index in [4.69, 9.17) is 16.3 Å². The highest BCUT2D eigenvalue weighted by atomic mass is 35.5. The highest BCUT2D eigenvalue weighted by Crippen LogP contribution is 2.30. The van der Waals surface area contributed by atoms with Crippen LogP contribution in [0, 0.1) is 10.1 Å². The van der Waals surface area contributed by atoms with Crippen LogP contribution >= 0.6 is 11.6 Å². The van der Waals surface area contributed by atoms with Crippen molar-refractivity contribution in [3.05, 3.63) is 57.6 Å². The molecule has 0 aliphatic rings. The van der Waals surface area contributed by atoms with Crippen LogP contribution in [-0.4, -0.2) is 33.1 Å². The molecule has 0 saturated heterocycles. The van der Waals surface area contributed by atoms with Crippen molar-refractivity contribution < 1.29 is 18.1 Å². The molecule has 2 aromatic rings. The van der Waals surface area contributed by atoms with Crippen molar-refractivity contribution in [2.24, 2.45) is 0 Å². The molecule has 0 spiro atoms. The Labute approximate surface area is 156 Å². The summed E-state index contributed by atoms with van der Waals surface area (Å²) >= 11 is 5.95. The number of sulfonamides is 1. The number of hydrogen-bond donors (Lipinski definition) is 2. The van der Waals surface area contributed by atoms with Gasteiger partial charge in [0.1, 0.15) is 5.69 Å². The summed E-state index contributed by atoms with van der Waals surface area (Å²) in [7, 11) is -2.52. The molecule has 2 rings (SSSR count). The largest absolute Gasteiger partial charge is 0.383 e. The van der Waals surface area contributed by atoms with Gasteiger partial charge < -0.3 is 10.1 Å². The van der Waals surface area contributed by atoms with Gasteiger partial charge in [-0.2, -0.15) is 0 Å². The second kappa shape index (κ2) is 8.35. The van der Waals surface area contributed by atoms with Gasteiger partial charge in [0.15, 0.2) is 0 Å². The zero-order valence-corrected chi connectivity index (χ0v) is 15.7. The SMILES string of the molecule is COC[C@@H](C)Nc1ccc(S(=O)(=O)Nc2ccccc2Cl)cc1[N+](=O)[O-]. The normalized spacial score (nSPS) is 12.4. The van der Waals surface area contributed by atoms with Crippen LogP contribution in [0.5, 0.6) is 0 Å². The van der Waals surface area contributed by atoms with Gasteiger partial charge in [-0.1, -0.05) is 23.7 Å². The number of ether oxygens (including phenoxy) is 1. The number of methoxy groups -OCH3 is 1. The number of hydrogen-bond acceptors (Lipinski definition) is 6. The third kappa shape index (κ3) is 4.84. The standard InChI is InChI=1S/C16H18ClN3O5S/c1-11(10-25-2)18-15-8-7-12(9-16(15)20(21)22)26(23,24)19-14-6-4-3-5-13(14)17/h3-9,11,18-19H,10H2,1-2H3/t11-/m1/s1. The Morgan fingerprint density at radius 1 is 1.23 bits per heavy atom. The number of anilines is 2. The number of benzene rings is 2. The average Bonchev–Trinajstić information content (AvgIpc) is 2.57. The summed E-state index contributed by atoms with van der Waals surface area (Å²) in [5.41, 5.74) is 0.0407. The molecule has 2 N–H and O–H groups in total. The maximum Gasteiger partial charge on any atom is 0.293 e. The molecule has 8 nitrogen and oxygen atoms in total. The van der Waals surface area contributed by atoms with Gasteiger partial charge in [0.2, 0.25) is 0 Å². The Morgan fingerprint density at radius 2 is 1.92 bits per heavy atom. The van der Waals surface area contributed by atoms with Gasteiger partial charge in [0, 0.05) is 19.2 Å². The van der Waals surface area contributed by atoms with Gasteiger partial charge in [-0.3, -0.25) is 14.8 Å². The lowest BCUT2D eigenvalue weighted by atomic mass is 10.2. The van der Waals surface area contributed by atoms with E-state index in [1.54, 1.807) is 19.1 Å². The molecule has 0 amide bonds. The van der Waals surface area contributed by atoms with E-state index in [9.17, 15) is 18.5 Å². The van der Waals surface area contributed by atoms with Gasteiger partial charge in [-0.15, -0.1) is 0 Å². The first kappa shape index (κ1) is 20.0. The van der Waals surface area contributed by atoms with Crippen molar-refractivity contribution in [1.82, 2.24) is 0 Å². The van der Waals surface area contributed by atoms with Crippen molar-refractivity contribution in [2.45, 2.75) is 17.9 Å². The Morgan fingerprint density at radius 3 is 2.54 bits per heavy atom. The highest BCUT2D eigenvalue weighted by molar-refractivity contribution is 7.92. The van der Waals surface area contributed by atoms with Gasteiger partial charge in [0.05, 0.1) is 27.1 Å². The molecule has 0 saturated carbocycles. The molecule has 140 valence electrons. The number of nitrogens with one attached hydrogen (secondary N) is 2. The van der Waals surface area contributed by atoms with E-state index in [2.05, 4.69) is 10.0 Å². The lowest BCUT2D eigenvalue weighted by molar-refractivity contribution is -0.384. The van der Waals surface area contributed by atoms with Crippen molar-refractivity contribution in [3.63, 3.8) is 0 Å². The minimum absolute atomic E-state index is 0.188. The number of para-hydroxylation sites is 1. The second-order valence-electron chi connectivity index (χ2n) is 5.52. The van der Waals surface area contributed by atoms with Crippen LogP contribution in [0.1, 0.15) is 6.92 Å². The monoisotopic (exact) mass is 399 g/mol. The predicted molar refractivity (Wildman–Crippen MR) is 100 cm³/mol. The quantitative estimate of drug-likeness (QED) is 0.519. The summed E-state index contributed by atoms with van der Waals surface area (Å²) in [6.45, 7) is 2.13. The summed E-state index contributed by atoms with van der Waals surface area (Å²) in [4.78, 5) is 10.5. The third-order valence-corrected chi connectivity index (χ3v) is 5.11. The van der Waals surface area contributed by atoms with E-state index in [1.165, 1.54) is 31.4 Å². The van der Waals surface area contributed by atoms with Crippen LogP contribution in [0.4, 0.5) is 17.1 Å². The Bertz CT molecular complexity index is 905. The van der Waals surface area contributed by atoms with E-state index < -0.39 is 14.9 Å². The molecular formula is C16H18ClN3O5S. The smallest absolute Gasteiger partial charge is 0.293 e. The fraction of sp³-hybridized carbons (Fsp3) is 0.250. The molecule has 26 heavy (non-hydrogen) atoms. The lowest BCUT2D eigenvalue weighted by Crippen LogP contribution is -2.21. The molecular weight excluding hydrogens is 382 g/mol. The van der Waals surface area contributed by atoms with E-state index in [0.717, 1.165) is 6.07 Å². The molecule has 0 unspecified atom stereocenters. The highest BCUT2D eigenvalue weighted by Gasteiger charge is 2.23. The Kier molecular flexibility index (Phi) is 6.41. The zero-order valence-electron chi connectivity index (χ0n) is 14.1. The molecule has 0 radical (unpaired) electrons. The molecule has 1 atom stereocenters. The molecule has 10 heteroatoms. The fourth-order valence-electron chi connectivity index (χ4n) is 2.26. The van der Waals surface area contributed by atoms with E-state index in [1.807, 2.05) is 0 Å². The molecule has 0 aliphatic heterocycles. The first-order valence-electron chi connectivity index (χ1n) is 7.56. The number of nitro groups is 1. The summed E-state index contributed by atoms with van der Waals surface area (Å²) in [5, 5.41) is 14.5. The van der Waals surface area contributed by atoms with Gasteiger partial charge in [-0.05, 0) is 31.2 Å². The Balaban J connectivity index is 2.36. The molecule has 0 heterocycles. The van der Waals surface area contributed by atoms with Crippen LogP contribution in [0.25, 0.3) is 0 Å². The van der Waals surface area contributed by atoms with Crippen LogP contribution < -0.4 is 10.0 Å². The zero-order chi connectivity index (χ0) is 19.3. The minimum atomic E-state index is -4.04. The maximum absolute atomic E-state index is 12.5. The number of nitrogens with zero attached hydrogens (tertiary/aromatic N) is 1. The topological polar surface area (TPSA) is 111 Å². The van der Waals surface area contributed by atoms with Crippen molar-refractivity contribution in [1.29, 1.82) is 0 Å². The molecule has 0 aliphatic carbocycles. The van der Waals surface area contributed by atoms with Crippen LogP contribution in [-0.2, 0) is 14.8 Å². The number of halogens is 1.